The average Bonchev–Trinajstić information content (AvgIpc) is 1.95. The average molecular weight is 296 g/mol. The van der Waals surface area contributed by atoms with Crippen molar-refractivity contribution in [1.82, 2.24) is 0 Å². The molecule has 0 aromatic heterocycles. The third kappa shape index (κ3) is 2.42. The monoisotopic (exact) mass is 296 g/mol. The molecule has 1 nitrogen and oxygen atoms in total. The Morgan fingerprint density at radius 1 is 1.11 bits per heavy atom. The van der Waals surface area contributed by atoms with Crippen molar-refractivity contribution >= 4 is 0 Å². The van der Waals surface area contributed by atoms with Crippen LogP contribution in [0.5, 0.6) is 0 Å². The van der Waals surface area contributed by atoms with E-state index < -0.39 is 0 Å². The van der Waals surface area contributed by atoms with Gasteiger partial charge >= 0.3 is 70.3 Å². The normalized spacial score (nSPS) is 11.9. The van der Waals surface area contributed by atoms with Crippen molar-refractivity contribution in [3.63, 3.8) is 0 Å². The Bertz CT molecular complexity index is 51.8. The molecule has 2 heteroatoms. The van der Waals surface area contributed by atoms with Gasteiger partial charge in [-0.1, -0.05) is 0 Å². The van der Waals surface area contributed by atoms with Gasteiger partial charge in [-0.3, -0.25) is 0 Å². The fourth-order valence-corrected chi connectivity index (χ4v) is 2.34. The molecule has 0 unspecified atom stereocenters. The summed E-state index contributed by atoms with van der Waals surface area (Å²) in [5.41, 5.74) is 0.216. The van der Waals surface area contributed by atoms with Gasteiger partial charge in [0.05, 0.1) is 0 Å². The maximum atomic E-state index is 5.50. The van der Waals surface area contributed by atoms with Crippen molar-refractivity contribution in [2.45, 2.75) is 45.6 Å². The minimum absolute atomic E-state index is 0.216. The van der Waals surface area contributed by atoms with Crippen LogP contribution in [-0.4, -0.2) is 5.60 Å². The van der Waals surface area contributed by atoms with E-state index in [1.54, 1.807) is 0 Å². The molecule has 54 valence electrons. The van der Waals surface area contributed by atoms with Crippen LogP contribution in [0, 0.1) is 0 Å². The Balaban J connectivity index is 3.82. The third-order valence-corrected chi connectivity index (χ3v) is 3.52. The maximum absolute atomic E-state index is 5.50. The molecule has 0 rings (SSSR count). The van der Waals surface area contributed by atoms with Crippen molar-refractivity contribution in [1.29, 1.82) is 0 Å². The second-order valence-corrected chi connectivity index (χ2v) is 2.99. The Kier molecular flexibility index (Phi) is 4.86. The number of hydrogen-bond acceptors (Lipinski definition) is 1. The Hall–Kier alpha value is 0.700. The molecule has 0 aromatic rings. The number of hydrogen-bond donors (Lipinski definition) is 0. The van der Waals surface area contributed by atoms with E-state index in [0.29, 0.717) is 0 Å². The molecule has 0 heterocycles. The van der Waals surface area contributed by atoms with E-state index in [9.17, 15) is 0 Å². The predicted octanol–water partition coefficient (Wildman–Crippen LogP) is 2.43. The SMILES string of the molecule is CCC(CC)(CC)[O][Ta]. The van der Waals surface area contributed by atoms with Crippen LogP contribution in [0.3, 0.4) is 0 Å². The van der Waals surface area contributed by atoms with Crippen LogP contribution in [0.1, 0.15) is 40.0 Å². The molecule has 0 saturated heterocycles. The fraction of sp³-hybridized carbons (Fsp3) is 1.00. The van der Waals surface area contributed by atoms with Gasteiger partial charge in [0.2, 0.25) is 0 Å². The van der Waals surface area contributed by atoms with Crippen molar-refractivity contribution in [2.24, 2.45) is 0 Å². The summed E-state index contributed by atoms with van der Waals surface area (Å²) in [5, 5.41) is 0. The first kappa shape index (κ1) is 9.70. The van der Waals surface area contributed by atoms with Gasteiger partial charge in [-0.15, -0.1) is 0 Å². The zero-order valence-electron chi connectivity index (χ0n) is 6.48. The second kappa shape index (κ2) is 4.51. The van der Waals surface area contributed by atoms with Gasteiger partial charge in [-0.2, -0.15) is 0 Å². The van der Waals surface area contributed by atoms with Gasteiger partial charge in [0, 0.05) is 0 Å². The summed E-state index contributed by atoms with van der Waals surface area (Å²) in [6.45, 7) is 6.58. The molecule has 0 atom stereocenters. The molecule has 0 N–H and O–H groups in total. The minimum atomic E-state index is 0.216. The van der Waals surface area contributed by atoms with Crippen LogP contribution >= 0.6 is 0 Å². The predicted molar refractivity (Wildman–Crippen MR) is 34.7 cm³/mol. The topological polar surface area (TPSA) is 9.23 Å². The van der Waals surface area contributed by atoms with E-state index in [1.165, 1.54) is 0 Å². The van der Waals surface area contributed by atoms with Gasteiger partial charge in [0.1, 0.15) is 0 Å². The molecule has 9 heavy (non-hydrogen) atoms. The van der Waals surface area contributed by atoms with Gasteiger partial charge < -0.3 is 0 Å². The molecule has 0 fully saturated rings. The molecular formula is C7H15OTa. The van der Waals surface area contributed by atoms with Gasteiger partial charge in [0.25, 0.3) is 0 Å². The zero-order valence-corrected chi connectivity index (χ0v) is 9.69. The van der Waals surface area contributed by atoms with Crippen LogP contribution in [0.25, 0.3) is 0 Å². The molecule has 0 aromatic carbocycles. The summed E-state index contributed by atoms with van der Waals surface area (Å²) >= 11 is 1.06. The van der Waals surface area contributed by atoms with E-state index >= 15 is 0 Å². The molecule has 0 aliphatic carbocycles. The van der Waals surface area contributed by atoms with Gasteiger partial charge in [-0.05, 0) is 0 Å². The Morgan fingerprint density at radius 3 is 1.44 bits per heavy atom. The molecule has 0 saturated carbocycles. The standard InChI is InChI=1S/C7H15O.Ta/c1-4-7(8,5-2)6-3;/h4-6H2,1-3H3;/q-1;+1. The summed E-state index contributed by atoms with van der Waals surface area (Å²) in [7, 11) is 0. The molecule has 0 radical (unpaired) electrons. The van der Waals surface area contributed by atoms with E-state index in [-0.39, 0.29) is 5.60 Å². The molecule has 0 bridgehead atoms. The number of rotatable bonds is 4. The van der Waals surface area contributed by atoms with Crippen molar-refractivity contribution in [3.05, 3.63) is 0 Å². The Labute approximate surface area is 70.6 Å². The van der Waals surface area contributed by atoms with Crippen LogP contribution in [0.15, 0.2) is 0 Å². The van der Waals surface area contributed by atoms with E-state index in [2.05, 4.69) is 20.8 Å². The van der Waals surface area contributed by atoms with E-state index in [1.807, 2.05) is 0 Å². The quantitative estimate of drug-likeness (QED) is 0.774. The molecule has 0 spiro atoms. The Morgan fingerprint density at radius 2 is 1.44 bits per heavy atom. The molecule has 0 aliphatic rings. The van der Waals surface area contributed by atoms with Crippen LogP contribution < -0.4 is 0 Å². The van der Waals surface area contributed by atoms with Crippen molar-refractivity contribution in [2.75, 3.05) is 0 Å². The van der Waals surface area contributed by atoms with Gasteiger partial charge in [-0.25, -0.2) is 0 Å². The first-order valence-corrected chi connectivity index (χ1v) is 4.88. The first-order chi connectivity index (χ1) is 4.24. The van der Waals surface area contributed by atoms with Crippen LogP contribution in [0.4, 0.5) is 0 Å². The van der Waals surface area contributed by atoms with Crippen molar-refractivity contribution < 1.29 is 24.7 Å². The third-order valence-electron chi connectivity index (χ3n) is 2.13. The first-order valence-electron chi connectivity index (χ1n) is 3.57. The van der Waals surface area contributed by atoms with Crippen LogP contribution in [-0.2, 0) is 24.7 Å². The molecular weight excluding hydrogens is 281 g/mol. The zero-order chi connectivity index (χ0) is 7.33. The summed E-state index contributed by atoms with van der Waals surface area (Å²) in [4.78, 5) is 0. The van der Waals surface area contributed by atoms with Gasteiger partial charge in [0.15, 0.2) is 0 Å². The van der Waals surface area contributed by atoms with Crippen LogP contribution in [0.2, 0.25) is 0 Å². The summed E-state index contributed by atoms with van der Waals surface area (Å²) in [6.07, 6.45) is 3.45. The summed E-state index contributed by atoms with van der Waals surface area (Å²) < 4.78 is 5.50. The summed E-state index contributed by atoms with van der Waals surface area (Å²) in [5.74, 6) is 0. The second-order valence-electron chi connectivity index (χ2n) is 2.33. The van der Waals surface area contributed by atoms with E-state index in [4.69, 9.17) is 3.24 Å². The fourth-order valence-electron chi connectivity index (χ4n) is 0.944. The molecule has 0 aliphatic heterocycles. The van der Waals surface area contributed by atoms with Crippen molar-refractivity contribution in [3.8, 4) is 0 Å². The summed E-state index contributed by atoms with van der Waals surface area (Å²) in [6, 6.07) is 0. The van der Waals surface area contributed by atoms with E-state index in [0.717, 1.165) is 40.7 Å². The molecule has 0 amide bonds.